The van der Waals surface area contributed by atoms with Gasteiger partial charge in [-0.3, -0.25) is 9.89 Å². The maximum absolute atomic E-state index is 12.5. The number of aryl methyl sites for hydroxylation is 1. The molecule has 1 amide bonds. The summed E-state index contributed by atoms with van der Waals surface area (Å²) in [5.74, 6) is 1.31. The molecule has 6 heteroatoms. The number of benzene rings is 1. The summed E-state index contributed by atoms with van der Waals surface area (Å²) in [6, 6.07) is 6.17. The van der Waals surface area contributed by atoms with E-state index in [2.05, 4.69) is 21.6 Å². The zero-order valence-electron chi connectivity index (χ0n) is 14.8. The summed E-state index contributed by atoms with van der Waals surface area (Å²) >= 11 is 0. The lowest BCUT2D eigenvalue weighted by atomic mass is 9.74. The average Bonchev–Trinajstić information content (AvgIpc) is 3.28. The van der Waals surface area contributed by atoms with Crippen molar-refractivity contribution in [2.45, 2.75) is 50.7 Å². The number of H-pyrrole nitrogens is 1. The Morgan fingerprint density at radius 2 is 2.31 bits per heavy atom. The van der Waals surface area contributed by atoms with E-state index in [0.29, 0.717) is 12.3 Å². The molecule has 2 aliphatic rings. The molecule has 3 N–H and O–H groups in total. The van der Waals surface area contributed by atoms with Crippen LogP contribution in [0.15, 0.2) is 30.6 Å². The highest BCUT2D eigenvalue weighted by atomic mass is 16.5. The van der Waals surface area contributed by atoms with Crippen LogP contribution in [0.5, 0.6) is 5.75 Å². The van der Waals surface area contributed by atoms with Gasteiger partial charge in [0.05, 0.1) is 24.9 Å². The molecule has 0 saturated heterocycles. The Bertz CT molecular complexity index is 754. The molecule has 1 fully saturated rings. The minimum Gasteiger partial charge on any atom is -0.493 e. The molecule has 1 aliphatic carbocycles. The monoisotopic (exact) mass is 355 g/mol. The van der Waals surface area contributed by atoms with Gasteiger partial charge in [0.2, 0.25) is 5.91 Å². The number of aromatic nitrogens is 2. The maximum atomic E-state index is 12.5. The van der Waals surface area contributed by atoms with E-state index < -0.39 is 0 Å². The van der Waals surface area contributed by atoms with E-state index in [9.17, 15) is 9.90 Å². The third-order valence-electron chi connectivity index (χ3n) is 5.43. The summed E-state index contributed by atoms with van der Waals surface area (Å²) in [6.45, 7) is 0.728. The topological polar surface area (TPSA) is 87.2 Å². The number of aliphatic hydroxyl groups excluding tert-OH is 1. The SMILES string of the molecule is O=C(CCCc1cn[nH]c1)NC(c1ccc2c(c1)CCO2)C1CC(O)C1. The van der Waals surface area contributed by atoms with E-state index >= 15 is 0 Å². The highest BCUT2D eigenvalue weighted by Gasteiger charge is 2.36. The number of ether oxygens (including phenoxy) is 1. The van der Waals surface area contributed by atoms with Crippen LogP contribution in [0, 0.1) is 5.92 Å². The third kappa shape index (κ3) is 3.75. The Labute approximate surface area is 153 Å². The van der Waals surface area contributed by atoms with E-state index in [1.54, 1.807) is 6.20 Å². The Balaban J connectivity index is 1.39. The van der Waals surface area contributed by atoms with Crippen LogP contribution in [0.25, 0.3) is 0 Å². The number of aromatic amines is 1. The normalized spacial score (nSPS) is 22.2. The summed E-state index contributed by atoms with van der Waals surface area (Å²) in [4.78, 5) is 12.5. The van der Waals surface area contributed by atoms with Crippen molar-refractivity contribution in [3.05, 3.63) is 47.3 Å². The van der Waals surface area contributed by atoms with Crippen LogP contribution in [0.1, 0.15) is 48.4 Å². The zero-order valence-corrected chi connectivity index (χ0v) is 14.8. The lowest BCUT2D eigenvalue weighted by Crippen LogP contribution is -2.41. The summed E-state index contributed by atoms with van der Waals surface area (Å²) in [5.41, 5.74) is 3.45. The van der Waals surface area contributed by atoms with Crippen molar-refractivity contribution in [3.8, 4) is 5.75 Å². The van der Waals surface area contributed by atoms with Crippen molar-refractivity contribution in [3.63, 3.8) is 0 Å². The maximum Gasteiger partial charge on any atom is 0.220 e. The molecule has 1 aliphatic heterocycles. The Morgan fingerprint density at radius 3 is 3.08 bits per heavy atom. The predicted octanol–water partition coefficient (Wildman–Crippen LogP) is 2.30. The second-order valence-electron chi connectivity index (χ2n) is 7.36. The minimum atomic E-state index is -0.238. The Morgan fingerprint density at radius 1 is 1.42 bits per heavy atom. The number of fused-ring (bicyclic) bond motifs is 1. The van der Waals surface area contributed by atoms with Gasteiger partial charge in [0.25, 0.3) is 0 Å². The summed E-state index contributed by atoms with van der Waals surface area (Å²) in [6.07, 6.45) is 7.95. The van der Waals surface area contributed by atoms with Crippen molar-refractivity contribution in [2.75, 3.05) is 6.61 Å². The van der Waals surface area contributed by atoms with E-state index in [4.69, 9.17) is 4.74 Å². The molecule has 1 unspecified atom stereocenters. The fourth-order valence-corrected chi connectivity index (χ4v) is 3.89. The summed E-state index contributed by atoms with van der Waals surface area (Å²) in [5, 5.41) is 19.6. The van der Waals surface area contributed by atoms with E-state index in [0.717, 1.165) is 55.6 Å². The lowest BCUT2D eigenvalue weighted by molar-refractivity contribution is -0.123. The largest absolute Gasteiger partial charge is 0.493 e. The van der Waals surface area contributed by atoms with Crippen molar-refractivity contribution >= 4 is 5.91 Å². The lowest BCUT2D eigenvalue weighted by Gasteiger charge is -2.38. The van der Waals surface area contributed by atoms with Crippen molar-refractivity contribution in [1.82, 2.24) is 15.5 Å². The highest BCUT2D eigenvalue weighted by Crippen LogP contribution is 2.39. The molecule has 26 heavy (non-hydrogen) atoms. The molecule has 0 radical (unpaired) electrons. The van der Waals surface area contributed by atoms with E-state index in [1.165, 1.54) is 5.56 Å². The third-order valence-corrected chi connectivity index (χ3v) is 5.43. The predicted molar refractivity (Wildman–Crippen MR) is 96.8 cm³/mol. The van der Waals surface area contributed by atoms with Gasteiger partial charge in [-0.15, -0.1) is 0 Å². The van der Waals surface area contributed by atoms with Gasteiger partial charge in [0, 0.05) is 19.0 Å². The summed E-state index contributed by atoms with van der Waals surface area (Å²) < 4.78 is 5.59. The molecular weight excluding hydrogens is 330 g/mol. The first-order valence-electron chi connectivity index (χ1n) is 9.40. The number of hydrogen-bond acceptors (Lipinski definition) is 4. The first-order valence-corrected chi connectivity index (χ1v) is 9.40. The van der Waals surface area contributed by atoms with Crippen LogP contribution in [0.2, 0.25) is 0 Å². The van der Waals surface area contributed by atoms with Crippen molar-refractivity contribution < 1.29 is 14.6 Å². The quantitative estimate of drug-likeness (QED) is 0.711. The number of carbonyl (C=O) groups is 1. The fraction of sp³-hybridized carbons (Fsp3) is 0.500. The van der Waals surface area contributed by atoms with Crippen LogP contribution >= 0.6 is 0 Å². The Hall–Kier alpha value is -2.34. The molecule has 1 saturated carbocycles. The molecule has 6 nitrogen and oxygen atoms in total. The first-order chi connectivity index (χ1) is 12.7. The minimum absolute atomic E-state index is 0.0364. The smallest absolute Gasteiger partial charge is 0.220 e. The van der Waals surface area contributed by atoms with Gasteiger partial charge in [0.1, 0.15) is 5.75 Å². The van der Waals surface area contributed by atoms with Gasteiger partial charge in [0.15, 0.2) is 0 Å². The van der Waals surface area contributed by atoms with Gasteiger partial charge in [-0.25, -0.2) is 0 Å². The Kier molecular flexibility index (Phi) is 4.93. The second-order valence-corrected chi connectivity index (χ2v) is 7.36. The number of rotatable bonds is 7. The average molecular weight is 355 g/mol. The fourth-order valence-electron chi connectivity index (χ4n) is 3.89. The molecule has 2 heterocycles. The number of carbonyl (C=O) groups excluding carboxylic acids is 1. The molecule has 1 atom stereocenters. The van der Waals surface area contributed by atoms with Gasteiger partial charge >= 0.3 is 0 Å². The van der Waals surface area contributed by atoms with E-state index in [-0.39, 0.29) is 18.1 Å². The van der Waals surface area contributed by atoms with Gasteiger partial charge < -0.3 is 15.2 Å². The molecule has 1 aromatic heterocycles. The molecule has 0 spiro atoms. The number of hydrogen-bond donors (Lipinski definition) is 3. The first kappa shape index (κ1) is 17.1. The molecule has 1 aromatic carbocycles. The molecular formula is C20H25N3O3. The van der Waals surface area contributed by atoms with Crippen LogP contribution in [0.3, 0.4) is 0 Å². The second kappa shape index (κ2) is 7.50. The van der Waals surface area contributed by atoms with Crippen LogP contribution in [-0.2, 0) is 17.6 Å². The van der Waals surface area contributed by atoms with Gasteiger partial charge in [-0.2, -0.15) is 5.10 Å². The van der Waals surface area contributed by atoms with Crippen LogP contribution in [0.4, 0.5) is 0 Å². The van der Waals surface area contributed by atoms with E-state index in [1.807, 2.05) is 18.3 Å². The number of nitrogens with zero attached hydrogens (tertiary/aromatic N) is 1. The van der Waals surface area contributed by atoms with Crippen LogP contribution in [-0.4, -0.2) is 33.9 Å². The number of aliphatic hydroxyl groups is 1. The summed E-state index contributed by atoms with van der Waals surface area (Å²) in [7, 11) is 0. The zero-order chi connectivity index (χ0) is 17.9. The molecule has 0 bridgehead atoms. The molecule has 2 aromatic rings. The van der Waals surface area contributed by atoms with Crippen LogP contribution < -0.4 is 10.1 Å². The molecule has 138 valence electrons. The number of nitrogens with one attached hydrogen (secondary N) is 2. The standard InChI is InChI=1S/C20H25N3O3/c24-17-9-16(10-17)20(15-4-5-18-14(8-15)6-7-26-18)23-19(25)3-1-2-13-11-21-22-12-13/h4-5,8,11-12,16-17,20,24H,1-3,6-7,9-10H2,(H,21,22)(H,23,25). The highest BCUT2D eigenvalue weighted by molar-refractivity contribution is 5.76. The van der Waals surface area contributed by atoms with Gasteiger partial charge in [-0.05, 0) is 60.4 Å². The number of amides is 1. The van der Waals surface area contributed by atoms with Crippen molar-refractivity contribution in [1.29, 1.82) is 0 Å². The van der Waals surface area contributed by atoms with Crippen molar-refractivity contribution in [2.24, 2.45) is 5.92 Å². The van der Waals surface area contributed by atoms with Gasteiger partial charge in [-0.1, -0.05) is 6.07 Å². The molecule has 4 rings (SSSR count).